The Labute approximate surface area is 164 Å². The average molecular weight is 391 g/mol. The summed E-state index contributed by atoms with van der Waals surface area (Å²) in [6, 6.07) is 14.1. The predicted octanol–water partition coefficient (Wildman–Crippen LogP) is 4.03. The van der Waals surface area contributed by atoms with Crippen LogP contribution in [0.4, 0.5) is 4.39 Å². The molecule has 2 aromatic rings. The van der Waals surface area contributed by atoms with E-state index in [0.29, 0.717) is 22.9 Å². The van der Waals surface area contributed by atoms with Crippen LogP contribution < -0.4 is 10.1 Å². The van der Waals surface area contributed by atoms with Crippen molar-refractivity contribution >= 4 is 17.5 Å². The molecule has 1 heterocycles. The largest absolute Gasteiger partial charge is 0.479 e. The van der Waals surface area contributed by atoms with Gasteiger partial charge in [-0.25, -0.2) is 4.39 Å². The Bertz CT molecular complexity index is 778. The lowest BCUT2D eigenvalue weighted by molar-refractivity contribution is -0.128. The molecule has 1 amide bonds. The van der Waals surface area contributed by atoms with Crippen molar-refractivity contribution in [3.05, 3.63) is 64.9 Å². The van der Waals surface area contributed by atoms with Crippen LogP contribution in [0.5, 0.6) is 5.75 Å². The zero-order chi connectivity index (χ0) is 19.2. The lowest BCUT2D eigenvalue weighted by Gasteiger charge is -2.33. The van der Waals surface area contributed by atoms with Crippen LogP contribution in [0.3, 0.4) is 0 Å². The Hall–Kier alpha value is -2.11. The number of hydrogen-bond acceptors (Lipinski definition) is 3. The van der Waals surface area contributed by atoms with Gasteiger partial charge in [-0.15, -0.1) is 0 Å². The molecule has 1 N–H and O–H groups in total. The quantitative estimate of drug-likeness (QED) is 0.809. The van der Waals surface area contributed by atoms with Gasteiger partial charge in [-0.3, -0.25) is 9.69 Å². The number of benzene rings is 2. The van der Waals surface area contributed by atoms with E-state index in [9.17, 15) is 9.18 Å². The molecule has 0 bridgehead atoms. The summed E-state index contributed by atoms with van der Waals surface area (Å²) in [5.41, 5.74) is 0.710. The van der Waals surface area contributed by atoms with E-state index in [0.717, 1.165) is 25.9 Å². The number of ether oxygens (including phenoxy) is 1. The zero-order valence-electron chi connectivity index (χ0n) is 15.3. The van der Waals surface area contributed by atoms with Crippen molar-refractivity contribution < 1.29 is 13.9 Å². The number of nitrogens with one attached hydrogen (secondary N) is 1. The van der Waals surface area contributed by atoms with Crippen molar-refractivity contribution in [2.24, 2.45) is 0 Å². The second kappa shape index (κ2) is 9.20. The smallest absolute Gasteiger partial charge is 0.260 e. The van der Waals surface area contributed by atoms with Crippen LogP contribution in [0, 0.1) is 5.82 Å². The van der Waals surface area contributed by atoms with Gasteiger partial charge in [0.25, 0.3) is 5.91 Å². The fourth-order valence-electron chi connectivity index (χ4n) is 3.21. The minimum Gasteiger partial charge on any atom is -0.479 e. The second-order valence-corrected chi connectivity index (χ2v) is 7.25. The van der Waals surface area contributed by atoms with Crippen LogP contribution in [0.1, 0.15) is 25.3 Å². The van der Waals surface area contributed by atoms with Crippen LogP contribution in [0.15, 0.2) is 48.5 Å². The Morgan fingerprint density at radius 3 is 2.59 bits per heavy atom. The Morgan fingerprint density at radius 2 is 1.89 bits per heavy atom. The molecule has 0 saturated carbocycles. The van der Waals surface area contributed by atoms with Crippen LogP contribution in [0.25, 0.3) is 0 Å². The van der Waals surface area contributed by atoms with Gasteiger partial charge >= 0.3 is 0 Å². The summed E-state index contributed by atoms with van der Waals surface area (Å²) in [4.78, 5) is 14.6. The third-order valence-corrected chi connectivity index (χ3v) is 5.11. The normalized spacial score (nSPS) is 16.7. The third-order valence-electron chi connectivity index (χ3n) is 4.80. The van der Waals surface area contributed by atoms with Gasteiger partial charge in [-0.1, -0.05) is 41.9 Å². The van der Waals surface area contributed by atoms with E-state index >= 15 is 0 Å². The lowest BCUT2D eigenvalue weighted by Crippen LogP contribution is -2.47. The van der Waals surface area contributed by atoms with Gasteiger partial charge in [0, 0.05) is 31.2 Å². The van der Waals surface area contributed by atoms with Crippen molar-refractivity contribution in [3.63, 3.8) is 0 Å². The van der Waals surface area contributed by atoms with E-state index in [-0.39, 0.29) is 17.8 Å². The van der Waals surface area contributed by atoms with Crippen molar-refractivity contribution in [1.82, 2.24) is 10.2 Å². The number of hydrogen-bond donors (Lipinski definition) is 1. The Morgan fingerprint density at radius 1 is 1.22 bits per heavy atom. The van der Waals surface area contributed by atoms with Gasteiger partial charge in [-0.2, -0.15) is 0 Å². The number of carbonyl (C=O) groups is 1. The van der Waals surface area contributed by atoms with E-state index in [1.165, 1.54) is 6.07 Å². The van der Waals surface area contributed by atoms with E-state index in [1.807, 2.05) is 24.3 Å². The molecule has 3 rings (SSSR count). The molecule has 0 radical (unpaired) electrons. The number of nitrogens with zero attached hydrogens (tertiary/aromatic N) is 1. The molecule has 1 aliphatic rings. The first kappa shape index (κ1) is 19.6. The SMILES string of the molecule is CC(Oc1ccccc1Cl)C(=O)NC1CCN(Cc2ccccc2F)CC1. The molecule has 0 aromatic heterocycles. The molecule has 4 nitrogen and oxygen atoms in total. The first-order chi connectivity index (χ1) is 13.0. The predicted molar refractivity (Wildman–Crippen MR) is 104 cm³/mol. The van der Waals surface area contributed by atoms with Gasteiger partial charge in [-0.05, 0) is 38.0 Å². The standard InChI is InChI=1S/C21H24ClFN2O2/c1-15(27-20-9-5-3-7-18(20)22)21(26)24-17-10-12-25(13-11-17)14-16-6-2-4-8-19(16)23/h2-9,15,17H,10-14H2,1H3,(H,24,26). The molecule has 0 aliphatic carbocycles. The van der Waals surface area contributed by atoms with Crippen LogP contribution in [-0.2, 0) is 11.3 Å². The average Bonchev–Trinajstić information content (AvgIpc) is 2.67. The number of halogens is 2. The maximum Gasteiger partial charge on any atom is 0.260 e. The maximum atomic E-state index is 13.8. The first-order valence-corrected chi connectivity index (χ1v) is 9.58. The number of piperidine rings is 1. The lowest BCUT2D eigenvalue weighted by atomic mass is 10.0. The fourth-order valence-corrected chi connectivity index (χ4v) is 3.39. The summed E-state index contributed by atoms with van der Waals surface area (Å²) in [5.74, 6) is 0.183. The monoisotopic (exact) mass is 390 g/mol. The molecular formula is C21H24ClFN2O2. The van der Waals surface area contributed by atoms with E-state index in [1.54, 1.807) is 25.1 Å². The molecule has 1 atom stereocenters. The Balaban J connectivity index is 1.45. The van der Waals surface area contributed by atoms with Gasteiger partial charge in [0.2, 0.25) is 0 Å². The number of rotatable bonds is 6. The highest BCUT2D eigenvalue weighted by Crippen LogP contribution is 2.24. The van der Waals surface area contributed by atoms with Crippen molar-refractivity contribution in [2.45, 2.75) is 38.5 Å². The molecule has 1 aliphatic heterocycles. The molecule has 6 heteroatoms. The molecule has 2 aromatic carbocycles. The zero-order valence-corrected chi connectivity index (χ0v) is 16.1. The minimum absolute atomic E-state index is 0.103. The van der Waals surface area contributed by atoms with E-state index in [2.05, 4.69) is 10.2 Å². The van der Waals surface area contributed by atoms with E-state index < -0.39 is 6.10 Å². The van der Waals surface area contributed by atoms with Gasteiger partial charge < -0.3 is 10.1 Å². The van der Waals surface area contributed by atoms with Crippen LogP contribution in [0.2, 0.25) is 5.02 Å². The van der Waals surface area contributed by atoms with Crippen molar-refractivity contribution in [3.8, 4) is 5.75 Å². The third kappa shape index (κ3) is 5.44. The molecule has 0 spiro atoms. The van der Waals surface area contributed by atoms with Gasteiger partial charge in [0.05, 0.1) is 5.02 Å². The summed E-state index contributed by atoms with van der Waals surface area (Å²) in [7, 11) is 0. The summed E-state index contributed by atoms with van der Waals surface area (Å²) < 4.78 is 19.4. The maximum absolute atomic E-state index is 13.8. The van der Waals surface area contributed by atoms with Gasteiger partial charge in [0.1, 0.15) is 11.6 Å². The summed E-state index contributed by atoms with van der Waals surface area (Å²) in [6.07, 6.45) is 1.04. The summed E-state index contributed by atoms with van der Waals surface area (Å²) in [6.45, 7) is 3.95. The highest BCUT2D eigenvalue weighted by molar-refractivity contribution is 6.32. The van der Waals surface area contributed by atoms with E-state index in [4.69, 9.17) is 16.3 Å². The molecule has 1 unspecified atom stereocenters. The van der Waals surface area contributed by atoms with Crippen LogP contribution >= 0.6 is 11.6 Å². The Kier molecular flexibility index (Phi) is 6.69. The van der Waals surface area contributed by atoms with Gasteiger partial charge in [0.15, 0.2) is 6.10 Å². The molecule has 27 heavy (non-hydrogen) atoms. The summed E-state index contributed by atoms with van der Waals surface area (Å²) >= 11 is 6.07. The summed E-state index contributed by atoms with van der Waals surface area (Å²) in [5, 5.41) is 3.53. The fraction of sp³-hybridized carbons (Fsp3) is 0.381. The van der Waals surface area contributed by atoms with Crippen molar-refractivity contribution in [2.75, 3.05) is 13.1 Å². The minimum atomic E-state index is -0.624. The molecular weight excluding hydrogens is 367 g/mol. The number of likely N-dealkylation sites (tertiary alicyclic amines) is 1. The first-order valence-electron chi connectivity index (χ1n) is 9.20. The highest BCUT2D eigenvalue weighted by atomic mass is 35.5. The number of carbonyl (C=O) groups excluding carboxylic acids is 1. The second-order valence-electron chi connectivity index (χ2n) is 6.84. The van der Waals surface area contributed by atoms with Crippen molar-refractivity contribution in [1.29, 1.82) is 0 Å². The number of amides is 1. The topological polar surface area (TPSA) is 41.6 Å². The molecule has 144 valence electrons. The molecule has 1 saturated heterocycles. The number of para-hydroxylation sites is 1. The molecule has 1 fully saturated rings. The van der Waals surface area contributed by atoms with Crippen LogP contribution in [-0.4, -0.2) is 36.0 Å². The highest BCUT2D eigenvalue weighted by Gasteiger charge is 2.24.